The first-order valence-electron chi connectivity index (χ1n) is 12.0. The van der Waals surface area contributed by atoms with Crippen LogP contribution < -0.4 is 5.32 Å². The number of carbonyl (C=O) groups is 1. The van der Waals surface area contributed by atoms with Gasteiger partial charge < -0.3 is 10.2 Å². The quantitative estimate of drug-likeness (QED) is 0.499. The van der Waals surface area contributed by atoms with Gasteiger partial charge >= 0.3 is 0 Å². The number of fused-ring (bicyclic) bond motifs is 1. The Hall–Kier alpha value is -2.85. The number of halogens is 2. The fraction of sp³-hybridized carbons (Fsp3) is 0.370. The zero-order valence-electron chi connectivity index (χ0n) is 19.6. The molecule has 3 heterocycles. The SMILES string of the molecule is C[C@H](c1ccc(Cl)cc1Cl)n1ncc2cc(C#N)c(C3=CCN(C(=O)[C@H]4CCCCN4)CC3)cc21. The minimum Gasteiger partial charge on any atom is -0.337 e. The summed E-state index contributed by atoms with van der Waals surface area (Å²) in [7, 11) is 0. The first-order valence-corrected chi connectivity index (χ1v) is 12.8. The molecule has 2 aliphatic rings. The van der Waals surface area contributed by atoms with Crippen molar-refractivity contribution in [2.24, 2.45) is 0 Å². The smallest absolute Gasteiger partial charge is 0.239 e. The van der Waals surface area contributed by atoms with Crippen LogP contribution in [-0.2, 0) is 4.79 Å². The molecule has 1 amide bonds. The molecule has 6 nitrogen and oxygen atoms in total. The number of nitriles is 1. The number of amides is 1. The average Bonchev–Trinajstić information content (AvgIpc) is 3.30. The van der Waals surface area contributed by atoms with Crippen molar-refractivity contribution in [1.29, 1.82) is 5.26 Å². The summed E-state index contributed by atoms with van der Waals surface area (Å²) < 4.78 is 1.93. The molecule has 5 rings (SSSR count). The van der Waals surface area contributed by atoms with E-state index in [9.17, 15) is 10.1 Å². The molecule has 0 aliphatic carbocycles. The Kier molecular flexibility index (Phi) is 6.84. The molecule has 1 aromatic heterocycles. The summed E-state index contributed by atoms with van der Waals surface area (Å²) >= 11 is 12.6. The van der Waals surface area contributed by atoms with E-state index in [1.165, 1.54) is 0 Å². The zero-order chi connectivity index (χ0) is 24.5. The molecule has 1 fully saturated rings. The molecule has 1 saturated heterocycles. The van der Waals surface area contributed by atoms with Gasteiger partial charge in [0.1, 0.15) is 0 Å². The second-order valence-electron chi connectivity index (χ2n) is 9.27. The van der Waals surface area contributed by atoms with E-state index in [1.54, 1.807) is 12.3 Å². The lowest BCUT2D eigenvalue weighted by molar-refractivity contribution is -0.133. The molecule has 0 radical (unpaired) electrons. The molecule has 2 aliphatic heterocycles. The van der Waals surface area contributed by atoms with Crippen molar-refractivity contribution in [3.8, 4) is 6.07 Å². The number of rotatable bonds is 4. The van der Waals surface area contributed by atoms with Crippen LogP contribution in [0.2, 0.25) is 10.0 Å². The number of hydrogen-bond acceptors (Lipinski definition) is 4. The van der Waals surface area contributed by atoms with Crippen LogP contribution in [0.5, 0.6) is 0 Å². The molecule has 3 aromatic rings. The lowest BCUT2D eigenvalue weighted by Crippen LogP contribution is -2.49. The first-order chi connectivity index (χ1) is 17.0. The molecule has 0 bridgehead atoms. The number of nitrogens with zero attached hydrogens (tertiary/aromatic N) is 4. The third-order valence-corrected chi connectivity index (χ3v) is 7.67. The van der Waals surface area contributed by atoms with Crippen molar-refractivity contribution in [2.45, 2.75) is 44.7 Å². The monoisotopic (exact) mass is 507 g/mol. The van der Waals surface area contributed by atoms with Crippen molar-refractivity contribution in [2.75, 3.05) is 19.6 Å². The number of nitrogens with one attached hydrogen (secondary N) is 1. The molecule has 0 unspecified atom stereocenters. The summed E-state index contributed by atoms with van der Waals surface area (Å²) in [6.45, 7) is 4.17. The van der Waals surface area contributed by atoms with E-state index in [4.69, 9.17) is 23.2 Å². The molecule has 2 aromatic carbocycles. The first kappa shape index (κ1) is 23.9. The normalized spacial score (nSPS) is 19.3. The van der Waals surface area contributed by atoms with Gasteiger partial charge in [-0.15, -0.1) is 0 Å². The van der Waals surface area contributed by atoms with Gasteiger partial charge in [0.05, 0.1) is 35.4 Å². The van der Waals surface area contributed by atoms with Crippen LogP contribution in [0, 0.1) is 11.3 Å². The molecular weight excluding hydrogens is 481 g/mol. The van der Waals surface area contributed by atoms with Crippen LogP contribution in [0.25, 0.3) is 16.5 Å². The topological polar surface area (TPSA) is 74.0 Å². The standard InChI is InChI=1S/C27H27Cl2N5O/c1-17(22-6-5-21(28)13-24(22)29)34-26-14-23(19(15-30)12-20(26)16-32-34)18-7-10-33(11-8-18)27(35)25-4-2-3-9-31-25/h5-7,12-14,16-17,25,31H,2-4,8-11H2,1H3/t17-,25-/m1/s1. The largest absolute Gasteiger partial charge is 0.337 e. The van der Waals surface area contributed by atoms with Gasteiger partial charge in [0.2, 0.25) is 5.91 Å². The fourth-order valence-corrected chi connectivity index (χ4v) is 5.70. The van der Waals surface area contributed by atoms with Crippen LogP contribution in [0.1, 0.15) is 55.3 Å². The summed E-state index contributed by atoms with van der Waals surface area (Å²) in [5.74, 6) is 0.183. The molecule has 8 heteroatoms. The molecular formula is C27H27Cl2N5O. The highest BCUT2D eigenvalue weighted by Gasteiger charge is 2.27. The molecule has 1 N–H and O–H groups in total. The van der Waals surface area contributed by atoms with Gasteiger partial charge in [-0.3, -0.25) is 9.48 Å². The molecule has 0 spiro atoms. The Morgan fingerprint density at radius 3 is 2.80 bits per heavy atom. The van der Waals surface area contributed by atoms with Crippen LogP contribution in [0.4, 0.5) is 0 Å². The van der Waals surface area contributed by atoms with E-state index in [0.29, 0.717) is 35.1 Å². The predicted octanol–water partition coefficient (Wildman–Crippen LogP) is 5.58. The second-order valence-corrected chi connectivity index (χ2v) is 10.1. The maximum atomic E-state index is 12.9. The van der Waals surface area contributed by atoms with Gasteiger partial charge in [-0.25, -0.2) is 0 Å². The van der Waals surface area contributed by atoms with E-state index >= 15 is 0 Å². The molecule has 0 saturated carbocycles. The average molecular weight is 508 g/mol. The predicted molar refractivity (Wildman–Crippen MR) is 140 cm³/mol. The molecule has 35 heavy (non-hydrogen) atoms. The van der Waals surface area contributed by atoms with Crippen molar-refractivity contribution >= 4 is 45.6 Å². The Morgan fingerprint density at radius 2 is 2.11 bits per heavy atom. The number of carbonyl (C=O) groups excluding carboxylic acids is 1. The third kappa shape index (κ3) is 4.69. The van der Waals surface area contributed by atoms with Crippen molar-refractivity contribution in [3.63, 3.8) is 0 Å². The van der Waals surface area contributed by atoms with Gasteiger partial charge in [-0.2, -0.15) is 10.4 Å². The van der Waals surface area contributed by atoms with E-state index in [0.717, 1.165) is 53.4 Å². The highest BCUT2D eigenvalue weighted by molar-refractivity contribution is 6.35. The van der Waals surface area contributed by atoms with E-state index in [2.05, 4.69) is 22.6 Å². The van der Waals surface area contributed by atoms with Crippen molar-refractivity contribution in [1.82, 2.24) is 20.0 Å². The Balaban J connectivity index is 1.45. The highest BCUT2D eigenvalue weighted by atomic mass is 35.5. The maximum Gasteiger partial charge on any atom is 0.239 e. The van der Waals surface area contributed by atoms with Gasteiger partial charge in [-0.05, 0) is 73.7 Å². The summed E-state index contributed by atoms with van der Waals surface area (Å²) in [4.78, 5) is 14.8. The molecule has 180 valence electrons. The lowest BCUT2D eigenvalue weighted by Gasteiger charge is -2.32. The van der Waals surface area contributed by atoms with E-state index in [1.807, 2.05) is 40.8 Å². The summed E-state index contributed by atoms with van der Waals surface area (Å²) in [6.07, 6.45) is 7.72. The lowest BCUT2D eigenvalue weighted by atomic mass is 9.93. The maximum absolute atomic E-state index is 12.9. The van der Waals surface area contributed by atoms with Crippen LogP contribution in [-0.4, -0.2) is 46.3 Å². The van der Waals surface area contributed by atoms with Gasteiger partial charge in [0, 0.05) is 28.5 Å². The minimum atomic E-state index is -0.116. The van der Waals surface area contributed by atoms with E-state index in [-0.39, 0.29) is 18.0 Å². The molecule has 2 atom stereocenters. The Labute approximate surface area is 215 Å². The van der Waals surface area contributed by atoms with Gasteiger partial charge in [0.15, 0.2) is 0 Å². The number of aromatic nitrogens is 2. The van der Waals surface area contributed by atoms with E-state index < -0.39 is 0 Å². The number of piperidine rings is 1. The summed E-state index contributed by atoms with van der Waals surface area (Å²) in [5, 5.41) is 19.9. The second kappa shape index (κ2) is 10.0. The minimum absolute atomic E-state index is 0.0692. The third-order valence-electron chi connectivity index (χ3n) is 7.11. The van der Waals surface area contributed by atoms with Gasteiger partial charge in [-0.1, -0.05) is 41.8 Å². The van der Waals surface area contributed by atoms with Crippen molar-refractivity contribution in [3.05, 3.63) is 69.3 Å². The van der Waals surface area contributed by atoms with Crippen LogP contribution in [0.15, 0.2) is 42.6 Å². The Morgan fingerprint density at radius 1 is 1.26 bits per heavy atom. The number of benzene rings is 2. The van der Waals surface area contributed by atoms with Gasteiger partial charge in [0.25, 0.3) is 0 Å². The zero-order valence-corrected chi connectivity index (χ0v) is 21.1. The number of hydrogen-bond donors (Lipinski definition) is 1. The van der Waals surface area contributed by atoms with Crippen molar-refractivity contribution < 1.29 is 4.79 Å². The summed E-state index contributed by atoms with van der Waals surface area (Å²) in [5.41, 5.74) is 4.47. The van der Waals surface area contributed by atoms with Crippen LogP contribution >= 0.6 is 23.2 Å². The fourth-order valence-electron chi connectivity index (χ4n) is 5.13. The Bertz CT molecular complexity index is 1350. The summed E-state index contributed by atoms with van der Waals surface area (Å²) in [6, 6.07) is 11.6. The van der Waals surface area contributed by atoms with Crippen LogP contribution in [0.3, 0.4) is 0 Å². The highest BCUT2D eigenvalue weighted by Crippen LogP contribution is 2.33.